The lowest BCUT2D eigenvalue weighted by Gasteiger charge is -2.22. The molecule has 1 heterocycles. The Bertz CT molecular complexity index is 733. The maximum absolute atomic E-state index is 11.8. The maximum atomic E-state index is 11.8. The molecule has 0 aliphatic heterocycles. The van der Waals surface area contributed by atoms with Crippen molar-refractivity contribution in [1.82, 2.24) is 10.3 Å². The van der Waals surface area contributed by atoms with Crippen molar-refractivity contribution in [2.75, 3.05) is 0 Å². The molecule has 1 aromatic carbocycles. The number of hydrogen-bond donors (Lipinski definition) is 3. The second-order valence-corrected chi connectivity index (χ2v) is 6.68. The van der Waals surface area contributed by atoms with Gasteiger partial charge in [-0.1, -0.05) is 17.7 Å². The first-order valence-electron chi connectivity index (χ1n) is 7.13. The van der Waals surface area contributed by atoms with Crippen molar-refractivity contribution in [2.24, 2.45) is 0 Å². The van der Waals surface area contributed by atoms with E-state index in [1.54, 1.807) is 39.1 Å². The number of carboxylic acids is 1. The summed E-state index contributed by atoms with van der Waals surface area (Å²) in [5.74, 6) is -1.13. The Balaban J connectivity index is 2.15. The van der Waals surface area contributed by atoms with E-state index in [0.717, 1.165) is 16.5 Å². The lowest BCUT2D eigenvalue weighted by Crippen LogP contribution is -2.44. The van der Waals surface area contributed by atoms with Crippen molar-refractivity contribution in [3.05, 3.63) is 35.0 Å². The fourth-order valence-electron chi connectivity index (χ4n) is 2.20. The van der Waals surface area contributed by atoms with Crippen LogP contribution in [-0.4, -0.2) is 33.8 Å². The minimum absolute atomic E-state index is 0.135. The number of hydrogen-bond acceptors (Lipinski definition) is 3. The molecule has 1 amide bonds. The van der Waals surface area contributed by atoms with Crippen molar-refractivity contribution in [3.8, 4) is 0 Å². The number of ether oxygens (including phenoxy) is 1. The van der Waals surface area contributed by atoms with E-state index in [-0.39, 0.29) is 6.42 Å². The molecule has 2 rings (SSSR count). The van der Waals surface area contributed by atoms with Crippen LogP contribution in [0, 0.1) is 0 Å². The summed E-state index contributed by atoms with van der Waals surface area (Å²) in [5, 5.41) is 13.2. The highest BCUT2D eigenvalue weighted by molar-refractivity contribution is 6.31. The summed E-state index contributed by atoms with van der Waals surface area (Å²) in [7, 11) is 0. The maximum Gasteiger partial charge on any atom is 0.408 e. The first kappa shape index (κ1) is 17.1. The van der Waals surface area contributed by atoms with E-state index in [1.807, 2.05) is 6.07 Å². The monoisotopic (exact) mass is 338 g/mol. The minimum atomic E-state index is -1.13. The Hall–Kier alpha value is -2.21. The molecule has 0 aliphatic rings. The van der Waals surface area contributed by atoms with Gasteiger partial charge in [-0.15, -0.1) is 0 Å². The average Bonchev–Trinajstić information content (AvgIpc) is 2.78. The van der Waals surface area contributed by atoms with Crippen molar-refractivity contribution >= 4 is 34.6 Å². The smallest absolute Gasteiger partial charge is 0.408 e. The Morgan fingerprint density at radius 1 is 1.39 bits per heavy atom. The number of aromatic nitrogens is 1. The lowest BCUT2D eigenvalue weighted by atomic mass is 10.1. The molecule has 2 aromatic rings. The van der Waals surface area contributed by atoms with Gasteiger partial charge in [0.25, 0.3) is 0 Å². The van der Waals surface area contributed by atoms with E-state index in [4.69, 9.17) is 16.3 Å². The van der Waals surface area contributed by atoms with Crippen LogP contribution in [-0.2, 0) is 16.0 Å². The normalized spacial score (nSPS) is 12.9. The van der Waals surface area contributed by atoms with Gasteiger partial charge in [0.05, 0.1) is 0 Å². The third kappa shape index (κ3) is 4.63. The number of carbonyl (C=O) groups excluding carboxylic acids is 1. The number of amides is 1. The fraction of sp³-hybridized carbons (Fsp3) is 0.375. The highest BCUT2D eigenvalue weighted by atomic mass is 35.5. The third-order valence-electron chi connectivity index (χ3n) is 3.14. The number of nitrogens with one attached hydrogen (secondary N) is 2. The van der Waals surface area contributed by atoms with Gasteiger partial charge in [0, 0.05) is 28.5 Å². The zero-order valence-electron chi connectivity index (χ0n) is 13.1. The second kappa shape index (κ2) is 6.50. The number of alkyl carbamates (subject to hydrolysis) is 1. The number of aromatic amines is 1. The minimum Gasteiger partial charge on any atom is -0.480 e. The molecule has 7 heteroatoms. The first-order valence-corrected chi connectivity index (χ1v) is 7.51. The quantitative estimate of drug-likeness (QED) is 0.797. The number of rotatable bonds is 4. The number of halogens is 1. The Morgan fingerprint density at radius 2 is 2.09 bits per heavy atom. The summed E-state index contributed by atoms with van der Waals surface area (Å²) >= 11 is 5.93. The molecular weight excluding hydrogens is 320 g/mol. The summed E-state index contributed by atoms with van der Waals surface area (Å²) in [5.41, 5.74) is 0.902. The van der Waals surface area contributed by atoms with Gasteiger partial charge >= 0.3 is 12.1 Å². The van der Waals surface area contributed by atoms with Gasteiger partial charge in [-0.05, 0) is 38.5 Å². The van der Waals surface area contributed by atoms with Crippen molar-refractivity contribution < 1.29 is 19.4 Å². The number of H-pyrrole nitrogens is 1. The molecule has 6 nitrogen and oxygen atoms in total. The molecule has 0 spiro atoms. The van der Waals surface area contributed by atoms with E-state index in [1.165, 1.54) is 0 Å². The van der Waals surface area contributed by atoms with Crippen molar-refractivity contribution in [2.45, 2.75) is 38.8 Å². The summed E-state index contributed by atoms with van der Waals surface area (Å²) < 4.78 is 5.10. The molecule has 1 atom stereocenters. The molecule has 3 N–H and O–H groups in total. The van der Waals surface area contributed by atoms with Crippen LogP contribution in [0.3, 0.4) is 0 Å². The van der Waals surface area contributed by atoms with E-state index < -0.39 is 23.7 Å². The predicted molar refractivity (Wildman–Crippen MR) is 87.8 cm³/mol. The number of aliphatic carboxylic acids is 1. The van der Waals surface area contributed by atoms with Gasteiger partial charge in [-0.3, -0.25) is 0 Å². The number of carbonyl (C=O) groups is 2. The SMILES string of the molecule is CC(C)(C)OC(=O)N[C@@H](Cc1c[nH]c2cc(Cl)ccc12)C(=O)O. The van der Waals surface area contributed by atoms with Crippen LogP contribution < -0.4 is 5.32 Å². The van der Waals surface area contributed by atoms with Gasteiger partial charge in [0.2, 0.25) is 0 Å². The largest absolute Gasteiger partial charge is 0.480 e. The van der Waals surface area contributed by atoms with Crippen LogP contribution in [0.2, 0.25) is 5.02 Å². The Labute approximate surface area is 138 Å². The van der Waals surface area contributed by atoms with Crippen LogP contribution >= 0.6 is 11.6 Å². The zero-order valence-corrected chi connectivity index (χ0v) is 13.9. The van der Waals surface area contributed by atoms with E-state index in [2.05, 4.69) is 10.3 Å². The average molecular weight is 339 g/mol. The topological polar surface area (TPSA) is 91.4 Å². The third-order valence-corrected chi connectivity index (χ3v) is 3.38. The molecule has 0 fully saturated rings. The van der Waals surface area contributed by atoms with E-state index in [0.29, 0.717) is 5.02 Å². The number of fused-ring (bicyclic) bond motifs is 1. The summed E-state index contributed by atoms with van der Waals surface area (Å²) in [4.78, 5) is 26.2. The van der Waals surface area contributed by atoms with Crippen LogP contribution in [0.15, 0.2) is 24.4 Å². The van der Waals surface area contributed by atoms with Gasteiger partial charge in [0.1, 0.15) is 11.6 Å². The molecule has 0 aliphatic carbocycles. The molecule has 0 unspecified atom stereocenters. The van der Waals surface area contributed by atoms with Crippen LogP contribution in [0.1, 0.15) is 26.3 Å². The fourth-order valence-corrected chi connectivity index (χ4v) is 2.37. The van der Waals surface area contributed by atoms with Crippen molar-refractivity contribution in [1.29, 1.82) is 0 Å². The first-order chi connectivity index (χ1) is 10.7. The van der Waals surface area contributed by atoms with Gasteiger partial charge in [-0.2, -0.15) is 0 Å². The molecular formula is C16H19ClN2O4. The standard InChI is InChI=1S/C16H19ClN2O4/c1-16(2,3)23-15(22)19-13(14(20)21)6-9-8-18-12-7-10(17)4-5-11(9)12/h4-5,7-8,13,18H,6H2,1-3H3,(H,19,22)(H,20,21)/t13-/m0/s1. The molecule has 124 valence electrons. The highest BCUT2D eigenvalue weighted by Gasteiger charge is 2.25. The summed E-state index contributed by atoms with van der Waals surface area (Å²) in [6, 6.07) is 4.23. The predicted octanol–water partition coefficient (Wildman–Crippen LogP) is 3.34. The highest BCUT2D eigenvalue weighted by Crippen LogP contribution is 2.23. The van der Waals surface area contributed by atoms with Crippen LogP contribution in [0.5, 0.6) is 0 Å². The molecule has 23 heavy (non-hydrogen) atoms. The summed E-state index contributed by atoms with van der Waals surface area (Å²) in [6.07, 6.45) is 1.09. The Kier molecular flexibility index (Phi) is 4.85. The van der Waals surface area contributed by atoms with Gasteiger partial charge in [0.15, 0.2) is 0 Å². The van der Waals surface area contributed by atoms with Gasteiger partial charge in [-0.25, -0.2) is 9.59 Å². The van der Waals surface area contributed by atoms with E-state index >= 15 is 0 Å². The van der Waals surface area contributed by atoms with Crippen molar-refractivity contribution in [3.63, 3.8) is 0 Å². The molecule has 0 saturated heterocycles. The zero-order chi connectivity index (χ0) is 17.2. The molecule has 0 radical (unpaired) electrons. The summed E-state index contributed by atoms with van der Waals surface area (Å²) in [6.45, 7) is 5.14. The second-order valence-electron chi connectivity index (χ2n) is 6.24. The number of carboxylic acid groups (broad SMARTS) is 1. The molecule has 0 bridgehead atoms. The molecule has 0 saturated carbocycles. The lowest BCUT2D eigenvalue weighted by molar-refractivity contribution is -0.139. The van der Waals surface area contributed by atoms with Crippen LogP contribution in [0.4, 0.5) is 4.79 Å². The molecule has 1 aromatic heterocycles. The van der Waals surface area contributed by atoms with Gasteiger partial charge < -0.3 is 20.1 Å². The van der Waals surface area contributed by atoms with Crippen LogP contribution in [0.25, 0.3) is 10.9 Å². The number of benzene rings is 1. The Morgan fingerprint density at radius 3 is 2.70 bits per heavy atom. The van der Waals surface area contributed by atoms with E-state index in [9.17, 15) is 14.7 Å².